The van der Waals surface area contributed by atoms with Crippen LogP contribution in [0.25, 0.3) is 0 Å². The van der Waals surface area contributed by atoms with Crippen LogP contribution < -0.4 is 5.32 Å². The van der Waals surface area contributed by atoms with Gasteiger partial charge in [-0.3, -0.25) is 0 Å². The minimum absolute atomic E-state index is 0.413. The lowest BCUT2D eigenvalue weighted by atomic mass is 10.0. The Hall–Kier alpha value is -1.35. The summed E-state index contributed by atoms with van der Waals surface area (Å²) in [7, 11) is 2.00. The van der Waals surface area contributed by atoms with Gasteiger partial charge < -0.3 is 10.1 Å². The second-order valence-electron chi connectivity index (χ2n) is 5.60. The van der Waals surface area contributed by atoms with Gasteiger partial charge in [-0.1, -0.05) is 54.1 Å². The molecule has 2 aromatic carbocycles. The van der Waals surface area contributed by atoms with Crippen molar-refractivity contribution in [2.45, 2.75) is 32.4 Å². The molecule has 3 heteroatoms. The third-order valence-electron chi connectivity index (χ3n) is 3.83. The fraction of sp³-hybridized carbons (Fsp3) is 0.368. The molecule has 0 aliphatic rings. The van der Waals surface area contributed by atoms with Crippen LogP contribution in [0.3, 0.4) is 0 Å². The highest BCUT2D eigenvalue weighted by Crippen LogP contribution is 2.17. The summed E-state index contributed by atoms with van der Waals surface area (Å²) in [6.07, 6.45) is 1.98. The molecule has 0 heterocycles. The standard InChI is InChI=1S/C19H24ClNO/c1-15-12-17(8-9-19(15)20)13-18(21-2)10-11-22-14-16-6-4-3-5-7-16/h3-9,12,18,21H,10-11,13-14H2,1-2H3. The van der Waals surface area contributed by atoms with E-state index in [0.29, 0.717) is 12.6 Å². The molecule has 1 unspecified atom stereocenters. The third kappa shape index (κ3) is 5.45. The summed E-state index contributed by atoms with van der Waals surface area (Å²) >= 11 is 6.08. The SMILES string of the molecule is CNC(CCOCc1ccccc1)Cc1ccc(Cl)c(C)c1. The molecule has 1 atom stereocenters. The molecule has 0 amide bonds. The van der Waals surface area contributed by atoms with Gasteiger partial charge >= 0.3 is 0 Å². The molecule has 0 radical (unpaired) electrons. The quantitative estimate of drug-likeness (QED) is 0.729. The van der Waals surface area contributed by atoms with Gasteiger partial charge in [0.15, 0.2) is 0 Å². The molecule has 2 nitrogen and oxygen atoms in total. The first-order valence-electron chi connectivity index (χ1n) is 7.73. The average Bonchev–Trinajstić information content (AvgIpc) is 2.54. The van der Waals surface area contributed by atoms with Crippen LogP contribution in [0, 0.1) is 6.92 Å². The van der Waals surface area contributed by atoms with Gasteiger partial charge in [-0.2, -0.15) is 0 Å². The van der Waals surface area contributed by atoms with Crippen LogP contribution in [0.4, 0.5) is 0 Å². The largest absolute Gasteiger partial charge is 0.377 e. The highest BCUT2D eigenvalue weighted by atomic mass is 35.5. The van der Waals surface area contributed by atoms with Crippen molar-refractivity contribution in [3.8, 4) is 0 Å². The summed E-state index contributed by atoms with van der Waals surface area (Å²) in [6.45, 7) is 3.48. The van der Waals surface area contributed by atoms with E-state index in [0.717, 1.165) is 30.0 Å². The molecule has 0 aliphatic carbocycles. The summed E-state index contributed by atoms with van der Waals surface area (Å²) in [5.41, 5.74) is 3.66. The van der Waals surface area contributed by atoms with Crippen LogP contribution in [0.2, 0.25) is 5.02 Å². The first-order chi connectivity index (χ1) is 10.7. The van der Waals surface area contributed by atoms with Gasteiger partial charge in [0.05, 0.1) is 6.61 Å². The number of hydrogen-bond acceptors (Lipinski definition) is 2. The fourth-order valence-electron chi connectivity index (χ4n) is 2.46. The zero-order chi connectivity index (χ0) is 15.8. The number of nitrogens with one attached hydrogen (secondary N) is 1. The average molecular weight is 318 g/mol. The van der Waals surface area contributed by atoms with Crippen molar-refractivity contribution in [3.63, 3.8) is 0 Å². The number of ether oxygens (including phenoxy) is 1. The van der Waals surface area contributed by atoms with Crippen molar-refractivity contribution in [2.75, 3.05) is 13.7 Å². The van der Waals surface area contributed by atoms with E-state index < -0.39 is 0 Å². The molecule has 0 aliphatic heterocycles. The topological polar surface area (TPSA) is 21.3 Å². The molecule has 0 bridgehead atoms. The minimum atomic E-state index is 0.413. The van der Waals surface area contributed by atoms with E-state index in [9.17, 15) is 0 Å². The Kier molecular flexibility index (Phi) is 6.91. The summed E-state index contributed by atoms with van der Waals surface area (Å²) in [5.74, 6) is 0. The second kappa shape index (κ2) is 8.94. The Morgan fingerprint density at radius 2 is 1.86 bits per heavy atom. The Labute approximate surface area is 138 Å². The number of hydrogen-bond donors (Lipinski definition) is 1. The Morgan fingerprint density at radius 1 is 1.09 bits per heavy atom. The van der Waals surface area contributed by atoms with Crippen LogP contribution >= 0.6 is 11.6 Å². The molecule has 22 heavy (non-hydrogen) atoms. The highest BCUT2D eigenvalue weighted by molar-refractivity contribution is 6.31. The van der Waals surface area contributed by atoms with Gasteiger partial charge in [0.2, 0.25) is 0 Å². The van der Waals surface area contributed by atoms with Crippen molar-refractivity contribution in [1.29, 1.82) is 0 Å². The zero-order valence-electron chi connectivity index (χ0n) is 13.3. The van der Waals surface area contributed by atoms with E-state index in [2.05, 4.69) is 29.6 Å². The summed E-state index contributed by atoms with van der Waals surface area (Å²) in [5, 5.41) is 4.20. The first-order valence-corrected chi connectivity index (χ1v) is 8.11. The van der Waals surface area contributed by atoms with Gasteiger partial charge in [0, 0.05) is 17.7 Å². The van der Waals surface area contributed by atoms with Crippen LogP contribution in [-0.2, 0) is 17.8 Å². The highest BCUT2D eigenvalue weighted by Gasteiger charge is 2.08. The maximum atomic E-state index is 6.08. The van der Waals surface area contributed by atoms with E-state index in [1.165, 1.54) is 11.1 Å². The van der Waals surface area contributed by atoms with Crippen molar-refractivity contribution >= 4 is 11.6 Å². The minimum Gasteiger partial charge on any atom is -0.377 e. The molecular formula is C19H24ClNO. The maximum absolute atomic E-state index is 6.08. The number of benzene rings is 2. The predicted molar refractivity (Wildman–Crippen MR) is 93.5 cm³/mol. The first kappa shape index (κ1) is 17.0. The Morgan fingerprint density at radius 3 is 2.55 bits per heavy atom. The molecule has 2 aromatic rings. The lowest BCUT2D eigenvalue weighted by Crippen LogP contribution is -2.29. The maximum Gasteiger partial charge on any atom is 0.0716 e. The van der Waals surface area contributed by atoms with Crippen LogP contribution in [0.5, 0.6) is 0 Å². The molecule has 0 fully saturated rings. The molecule has 0 spiro atoms. The van der Waals surface area contributed by atoms with Gasteiger partial charge in [-0.25, -0.2) is 0 Å². The number of rotatable bonds is 8. The second-order valence-corrected chi connectivity index (χ2v) is 6.01. The van der Waals surface area contributed by atoms with Crippen molar-refractivity contribution in [1.82, 2.24) is 5.32 Å². The fourth-order valence-corrected chi connectivity index (χ4v) is 2.57. The third-order valence-corrected chi connectivity index (χ3v) is 4.26. The van der Waals surface area contributed by atoms with Crippen molar-refractivity contribution < 1.29 is 4.74 Å². The predicted octanol–water partition coefficient (Wildman–Crippen LogP) is 4.39. The van der Waals surface area contributed by atoms with Gasteiger partial charge in [-0.15, -0.1) is 0 Å². The Bertz CT molecular complexity index is 571. The number of halogens is 1. The number of aryl methyl sites for hydroxylation is 1. The van der Waals surface area contributed by atoms with Crippen LogP contribution in [0.15, 0.2) is 48.5 Å². The monoisotopic (exact) mass is 317 g/mol. The molecule has 0 saturated heterocycles. The molecule has 1 N–H and O–H groups in total. The van der Waals surface area contributed by atoms with E-state index in [1.807, 2.05) is 38.2 Å². The summed E-state index contributed by atoms with van der Waals surface area (Å²) < 4.78 is 5.77. The van der Waals surface area contributed by atoms with Gasteiger partial charge in [0.1, 0.15) is 0 Å². The van der Waals surface area contributed by atoms with E-state index in [1.54, 1.807) is 0 Å². The van der Waals surface area contributed by atoms with Crippen molar-refractivity contribution in [3.05, 3.63) is 70.2 Å². The van der Waals surface area contributed by atoms with E-state index in [-0.39, 0.29) is 0 Å². The van der Waals surface area contributed by atoms with E-state index >= 15 is 0 Å². The Balaban J connectivity index is 1.76. The van der Waals surface area contributed by atoms with Crippen molar-refractivity contribution in [2.24, 2.45) is 0 Å². The molecule has 2 rings (SSSR count). The molecular weight excluding hydrogens is 294 g/mol. The lowest BCUT2D eigenvalue weighted by molar-refractivity contribution is 0.112. The van der Waals surface area contributed by atoms with Gasteiger partial charge in [0.25, 0.3) is 0 Å². The number of likely N-dealkylation sites (N-methyl/N-ethyl adjacent to an activating group) is 1. The van der Waals surface area contributed by atoms with Crippen LogP contribution in [-0.4, -0.2) is 19.7 Å². The van der Waals surface area contributed by atoms with Crippen LogP contribution in [0.1, 0.15) is 23.1 Å². The molecule has 0 saturated carbocycles. The summed E-state index contributed by atoms with van der Waals surface area (Å²) in [4.78, 5) is 0. The summed E-state index contributed by atoms with van der Waals surface area (Å²) in [6, 6.07) is 16.9. The van der Waals surface area contributed by atoms with Gasteiger partial charge in [-0.05, 0) is 49.6 Å². The van der Waals surface area contributed by atoms with E-state index in [4.69, 9.17) is 16.3 Å². The zero-order valence-corrected chi connectivity index (χ0v) is 14.1. The normalized spacial score (nSPS) is 12.3. The smallest absolute Gasteiger partial charge is 0.0716 e. The molecule has 118 valence electrons. The lowest BCUT2D eigenvalue weighted by Gasteiger charge is -2.17. The molecule has 0 aromatic heterocycles.